The summed E-state index contributed by atoms with van der Waals surface area (Å²) in [7, 11) is 0. The monoisotopic (exact) mass is 467 g/mol. The van der Waals surface area contributed by atoms with Crippen molar-refractivity contribution in [1.82, 2.24) is 0 Å². The molecule has 1 N–H and O–H groups in total. The van der Waals surface area contributed by atoms with Crippen molar-refractivity contribution in [3.8, 4) is 34.1 Å². The summed E-state index contributed by atoms with van der Waals surface area (Å²) in [5, 5.41) is 19.4. The second-order valence-electron chi connectivity index (χ2n) is 7.88. The van der Waals surface area contributed by atoms with Crippen molar-refractivity contribution in [2.24, 2.45) is 0 Å². The fourth-order valence-corrected chi connectivity index (χ4v) is 4.06. The molecular formula is C29H22ClNO3. The third-order valence-corrected chi connectivity index (χ3v) is 5.72. The molecule has 0 fully saturated rings. The second-order valence-corrected chi connectivity index (χ2v) is 8.31. The standard InChI is InChI=1S/C29H22ClNO3/c30-25-11-12-26(22(17-25)10-13-29(32)33)23-14-21(18-31)15-24(16-23)27-8-4-5-9-28(27)34-19-20-6-2-1-3-7-20/h1-9,11-12,14-17H,10,13,19H2,(H,32,33). The van der Waals surface area contributed by atoms with Gasteiger partial charge >= 0.3 is 5.97 Å². The molecule has 4 nitrogen and oxygen atoms in total. The number of nitrogens with zero attached hydrogens (tertiary/aromatic N) is 1. The summed E-state index contributed by atoms with van der Waals surface area (Å²) < 4.78 is 6.14. The maximum Gasteiger partial charge on any atom is 0.303 e. The summed E-state index contributed by atoms with van der Waals surface area (Å²) in [5.41, 5.74) is 5.78. The van der Waals surface area contributed by atoms with Crippen molar-refractivity contribution >= 4 is 17.6 Å². The summed E-state index contributed by atoms with van der Waals surface area (Å²) in [6.07, 6.45) is 0.336. The summed E-state index contributed by atoms with van der Waals surface area (Å²) in [4.78, 5) is 11.2. The number of hydrogen-bond donors (Lipinski definition) is 1. The lowest BCUT2D eigenvalue weighted by Crippen LogP contribution is -2.00. The second kappa shape index (κ2) is 10.7. The molecule has 0 unspecified atom stereocenters. The molecule has 0 atom stereocenters. The van der Waals surface area contributed by atoms with E-state index in [-0.39, 0.29) is 6.42 Å². The van der Waals surface area contributed by atoms with Gasteiger partial charge in [-0.3, -0.25) is 4.79 Å². The van der Waals surface area contributed by atoms with Gasteiger partial charge in [-0.1, -0.05) is 66.2 Å². The zero-order valence-corrected chi connectivity index (χ0v) is 19.1. The van der Waals surface area contributed by atoms with Gasteiger partial charge in [-0.05, 0) is 70.6 Å². The Bertz CT molecular complexity index is 1360. The van der Waals surface area contributed by atoms with Gasteiger partial charge in [0.1, 0.15) is 12.4 Å². The van der Waals surface area contributed by atoms with E-state index in [2.05, 4.69) is 6.07 Å². The van der Waals surface area contributed by atoms with E-state index >= 15 is 0 Å². The number of aryl methyl sites for hydroxylation is 1. The molecule has 0 aliphatic carbocycles. The topological polar surface area (TPSA) is 70.3 Å². The Morgan fingerprint density at radius 3 is 2.32 bits per heavy atom. The van der Waals surface area contributed by atoms with Crippen LogP contribution in [0.5, 0.6) is 5.75 Å². The SMILES string of the molecule is N#Cc1cc(-c2ccc(Cl)cc2CCC(=O)O)cc(-c2ccccc2OCc2ccccc2)c1. The highest BCUT2D eigenvalue weighted by Crippen LogP contribution is 2.36. The predicted molar refractivity (Wildman–Crippen MR) is 134 cm³/mol. The third kappa shape index (κ3) is 5.64. The first-order valence-corrected chi connectivity index (χ1v) is 11.2. The molecule has 4 rings (SSSR count). The number of halogens is 1. The van der Waals surface area contributed by atoms with Crippen molar-refractivity contribution in [1.29, 1.82) is 5.26 Å². The van der Waals surface area contributed by atoms with Gasteiger partial charge in [-0.15, -0.1) is 0 Å². The summed E-state index contributed by atoms with van der Waals surface area (Å²) in [6, 6.07) is 31.0. The first kappa shape index (κ1) is 23.1. The van der Waals surface area contributed by atoms with Crippen LogP contribution in [0.25, 0.3) is 22.3 Å². The van der Waals surface area contributed by atoms with Gasteiger partial charge in [0, 0.05) is 17.0 Å². The van der Waals surface area contributed by atoms with Gasteiger partial charge in [0.15, 0.2) is 0 Å². The lowest BCUT2D eigenvalue weighted by Gasteiger charge is -2.15. The number of benzene rings is 4. The van der Waals surface area contributed by atoms with Crippen LogP contribution in [0.3, 0.4) is 0 Å². The molecule has 0 aliphatic rings. The van der Waals surface area contributed by atoms with Gasteiger partial charge in [-0.25, -0.2) is 0 Å². The van der Waals surface area contributed by atoms with Gasteiger partial charge in [0.25, 0.3) is 0 Å². The minimum absolute atomic E-state index is 0.00566. The lowest BCUT2D eigenvalue weighted by molar-refractivity contribution is -0.136. The summed E-state index contributed by atoms with van der Waals surface area (Å²) >= 11 is 6.20. The van der Waals surface area contributed by atoms with Crippen molar-refractivity contribution in [3.63, 3.8) is 0 Å². The summed E-state index contributed by atoms with van der Waals surface area (Å²) in [6.45, 7) is 0.430. The number of ether oxygens (including phenoxy) is 1. The van der Waals surface area contributed by atoms with Crippen molar-refractivity contribution < 1.29 is 14.6 Å². The number of rotatable bonds is 8. The molecule has 168 valence electrons. The molecule has 34 heavy (non-hydrogen) atoms. The highest BCUT2D eigenvalue weighted by molar-refractivity contribution is 6.30. The molecule has 0 amide bonds. The van der Waals surface area contributed by atoms with Crippen molar-refractivity contribution in [2.75, 3.05) is 0 Å². The van der Waals surface area contributed by atoms with Gasteiger partial charge in [0.05, 0.1) is 11.6 Å². The zero-order valence-electron chi connectivity index (χ0n) is 18.4. The van der Waals surface area contributed by atoms with Gasteiger partial charge in [0.2, 0.25) is 0 Å². The number of hydrogen-bond acceptors (Lipinski definition) is 3. The van der Waals surface area contributed by atoms with E-state index in [0.717, 1.165) is 39.1 Å². The van der Waals surface area contributed by atoms with E-state index in [9.17, 15) is 10.1 Å². The first-order chi connectivity index (χ1) is 16.5. The van der Waals surface area contributed by atoms with E-state index in [1.54, 1.807) is 12.1 Å². The minimum Gasteiger partial charge on any atom is -0.488 e. The highest BCUT2D eigenvalue weighted by atomic mass is 35.5. The van der Waals surface area contributed by atoms with Crippen LogP contribution in [0, 0.1) is 11.3 Å². The number of carboxylic acids is 1. The molecule has 0 spiro atoms. The van der Waals surface area contributed by atoms with Crippen LogP contribution < -0.4 is 4.74 Å². The van der Waals surface area contributed by atoms with Crippen LogP contribution in [0.2, 0.25) is 5.02 Å². The molecule has 0 aromatic heterocycles. The molecule has 0 aliphatic heterocycles. The van der Waals surface area contributed by atoms with E-state index in [4.69, 9.17) is 21.4 Å². The Balaban J connectivity index is 1.74. The normalized spacial score (nSPS) is 10.5. The van der Waals surface area contributed by atoms with Gasteiger partial charge in [-0.2, -0.15) is 5.26 Å². The maximum atomic E-state index is 11.2. The molecule has 4 aromatic carbocycles. The Morgan fingerprint density at radius 1 is 0.882 bits per heavy atom. The smallest absolute Gasteiger partial charge is 0.303 e. The Morgan fingerprint density at radius 2 is 1.59 bits per heavy atom. The Kier molecular flexibility index (Phi) is 7.27. The van der Waals surface area contributed by atoms with Crippen LogP contribution >= 0.6 is 11.6 Å². The maximum absolute atomic E-state index is 11.2. The van der Waals surface area contributed by atoms with E-state index in [1.165, 1.54) is 0 Å². The van der Waals surface area contributed by atoms with E-state index < -0.39 is 5.97 Å². The van der Waals surface area contributed by atoms with Crippen LogP contribution in [-0.4, -0.2) is 11.1 Å². The molecule has 4 aromatic rings. The lowest BCUT2D eigenvalue weighted by atomic mass is 9.92. The van der Waals surface area contributed by atoms with Crippen molar-refractivity contribution in [2.45, 2.75) is 19.4 Å². The quantitative estimate of drug-likeness (QED) is 0.299. The van der Waals surface area contributed by atoms with Crippen molar-refractivity contribution in [3.05, 3.63) is 113 Å². The molecule has 0 saturated heterocycles. The molecule has 0 radical (unpaired) electrons. The zero-order chi connectivity index (χ0) is 23.9. The number of para-hydroxylation sites is 1. The molecule has 0 heterocycles. The number of aliphatic carboxylic acids is 1. The van der Waals surface area contributed by atoms with Crippen LogP contribution in [-0.2, 0) is 17.8 Å². The van der Waals surface area contributed by atoms with Gasteiger partial charge < -0.3 is 9.84 Å². The Hall–Kier alpha value is -4.07. The number of carbonyl (C=O) groups is 1. The fourth-order valence-electron chi connectivity index (χ4n) is 3.86. The average Bonchev–Trinajstić information content (AvgIpc) is 2.86. The first-order valence-electron chi connectivity index (χ1n) is 10.9. The van der Waals surface area contributed by atoms with E-state index in [1.807, 2.05) is 78.9 Å². The number of carboxylic acid groups (broad SMARTS) is 1. The predicted octanol–water partition coefficient (Wildman–Crippen LogP) is 7.14. The largest absolute Gasteiger partial charge is 0.488 e. The molecular weight excluding hydrogens is 446 g/mol. The van der Waals surface area contributed by atoms with E-state index in [0.29, 0.717) is 23.6 Å². The fraction of sp³-hybridized carbons (Fsp3) is 0.103. The summed E-state index contributed by atoms with van der Waals surface area (Å²) in [5.74, 6) is -0.156. The average molecular weight is 468 g/mol. The third-order valence-electron chi connectivity index (χ3n) is 5.48. The van der Waals surface area contributed by atoms with Crippen LogP contribution in [0.15, 0.2) is 91.0 Å². The molecule has 0 saturated carbocycles. The Labute approximate surface area is 203 Å². The van der Waals surface area contributed by atoms with Crippen LogP contribution in [0.1, 0.15) is 23.1 Å². The minimum atomic E-state index is -0.873. The number of nitriles is 1. The highest BCUT2D eigenvalue weighted by Gasteiger charge is 2.13. The molecule has 0 bridgehead atoms. The molecule has 5 heteroatoms. The van der Waals surface area contributed by atoms with Crippen LogP contribution in [0.4, 0.5) is 0 Å².